The first-order valence-electron chi connectivity index (χ1n) is 6.60. The zero-order valence-corrected chi connectivity index (χ0v) is 13.1. The van der Waals surface area contributed by atoms with Gasteiger partial charge in [-0.25, -0.2) is 4.98 Å². The van der Waals surface area contributed by atoms with Crippen LogP contribution in [-0.4, -0.2) is 22.7 Å². The molecule has 5 heteroatoms. The third kappa shape index (κ3) is 3.62. The van der Waals surface area contributed by atoms with E-state index in [9.17, 15) is 0 Å². The number of nitrogens with one attached hydrogen (secondary N) is 1. The van der Waals surface area contributed by atoms with Gasteiger partial charge >= 0.3 is 0 Å². The van der Waals surface area contributed by atoms with Crippen LogP contribution in [0.15, 0.2) is 4.47 Å². The van der Waals surface area contributed by atoms with Gasteiger partial charge in [-0.05, 0) is 41.6 Å². The van der Waals surface area contributed by atoms with Crippen molar-refractivity contribution in [2.45, 2.75) is 51.6 Å². The standard InChI is InChI=1S/C13H19BrN2OS/c1-2-5-10-12(14)13(18)16-11(15-10)8-9-6-3-4-7-17-9/h9H,2-8H2,1H3,(H,15,16,18). The minimum absolute atomic E-state index is 0.299. The number of rotatable bonds is 4. The minimum atomic E-state index is 0.299. The average Bonchev–Trinajstić information content (AvgIpc) is 2.37. The van der Waals surface area contributed by atoms with Gasteiger partial charge in [0.15, 0.2) is 0 Å². The Kier molecular flexibility index (Phi) is 5.33. The maximum atomic E-state index is 5.75. The molecular weight excluding hydrogens is 312 g/mol. The predicted octanol–water partition coefficient (Wildman–Crippen LogP) is 3.97. The summed E-state index contributed by atoms with van der Waals surface area (Å²) in [5, 5.41) is 0. The van der Waals surface area contributed by atoms with Crippen molar-refractivity contribution in [2.75, 3.05) is 6.61 Å². The second-order valence-corrected chi connectivity index (χ2v) is 5.90. The summed E-state index contributed by atoms with van der Waals surface area (Å²) in [7, 11) is 0. The molecule has 0 bridgehead atoms. The zero-order chi connectivity index (χ0) is 13.0. The number of aromatic amines is 1. The van der Waals surface area contributed by atoms with Crippen LogP contribution in [0.25, 0.3) is 0 Å². The molecule has 1 aromatic heterocycles. The van der Waals surface area contributed by atoms with E-state index in [1.165, 1.54) is 12.8 Å². The lowest BCUT2D eigenvalue weighted by atomic mass is 10.1. The van der Waals surface area contributed by atoms with E-state index in [2.05, 4.69) is 32.8 Å². The van der Waals surface area contributed by atoms with Gasteiger partial charge in [-0.2, -0.15) is 0 Å². The largest absolute Gasteiger partial charge is 0.378 e. The summed E-state index contributed by atoms with van der Waals surface area (Å²) >= 11 is 8.80. The molecule has 1 aliphatic heterocycles. The summed E-state index contributed by atoms with van der Waals surface area (Å²) in [5.41, 5.74) is 1.16. The van der Waals surface area contributed by atoms with Gasteiger partial charge in [-0.15, -0.1) is 0 Å². The Morgan fingerprint density at radius 3 is 3.00 bits per heavy atom. The van der Waals surface area contributed by atoms with Crippen LogP contribution in [0.3, 0.4) is 0 Å². The molecule has 0 spiro atoms. The van der Waals surface area contributed by atoms with Crippen molar-refractivity contribution in [3.8, 4) is 0 Å². The Balaban J connectivity index is 2.14. The third-order valence-corrected chi connectivity index (χ3v) is 4.59. The molecule has 1 saturated heterocycles. The number of aromatic nitrogens is 2. The molecule has 0 saturated carbocycles. The van der Waals surface area contributed by atoms with E-state index in [4.69, 9.17) is 17.0 Å². The SMILES string of the molecule is CCCc1[nH]c(CC2CCCCO2)nc(=S)c1Br. The summed E-state index contributed by atoms with van der Waals surface area (Å²) in [5.74, 6) is 0.957. The number of H-pyrrole nitrogens is 1. The Hall–Kier alpha value is -0.260. The van der Waals surface area contributed by atoms with E-state index in [1.54, 1.807) is 0 Å². The summed E-state index contributed by atoms with van der Waals surface area (Å²) in [4.78, 5) is 7.84. The normalized spacial score (nSPS) is 20.0. The molecule has 0 aliphatic carbocycles. The van der Waals surface area contributed by atoms with Crippen LogP contribution >= 0.6 is 28.1 Å². The van der Waals surface area contributed by atoms with Crippen LogP contribution in [0.5, 0.6) is 0 Å². The van der Waals surface area contributed by atoms with Gasteiger partial charge in [0.1, 0.15) is 10.5 Å². The first kappa shape index (κ1) is 14.2. The van der Waals surface area contributed by atoms with Gasteiger partial charge in [0, 0.05) is 18.7 Å². The first-order valence-corrected chi connectivity index (χ1v) is 7.80. The van der Waals surface area contributed by atoms with Gasteiger partial charge in [0.2, 0.25) is 0 Å². The van der Waals surface area contributed by atoms with E-state index in [1.807, 2.05) is 0 Å². The second-order valence-electron chi connectivity index (χ2n) is 4.72. The molecule has 1 N–H and O–H groups in total. The Morgan fingerprint density at radius 1 is 1.50 bits per heavy atom. The third-order valence-electron chi connectivity index (χ3n) is 3.18. The van der Waals surface area contributed by atoms with Crippen molar-refractivity contribution in [3.63, 3.8) is 0 Å². The van der Waals surface area contributed by atoms with E-state index in [0.29, 0.717) is 10.7 Å². The molecule has 18 heavy (non-hydrogen) atoms. The minimum Gasteiger partial charge on any atom is -0.378 e. The molecule has 2 rings (SSSR count). The Labute approximate surface area is 121 Å². The Morgan fingerprint density at radius 2 is 2.33 bits per heavy atom. The molecule has 0 radical (unpaired) electrons. The lowest BCUT2D eigenvalue weighted by Gasteiger charge is -2.22. The van der Waals surface area contributed by atoms with Crippen molar-refractivity contribution in [3.05, 3.63) is 20.6 Å². The fourth-order valence-electron chi connectivity index (χ4n) is 2.26. The summed E-state index contributed by atoms with van der Waals surface area (Å²) in [6.07, 6.45) is 6.78. The van der Waals surface area contributed by atoms with Gasteiger partial charge < -0.3 is 9.72 Å². The molecule has 1 atom stereocenters. The van der Waals surface area contributed by atoms with Gasteiger partial charge in [-0.3, -0.25) is 0 Å². The fraction of sp³-hybridized carbons (Fsp3) is 0.692. The molecule has 1 aliphatic rings. The number of nitrogens with zero attached hydrogens (tertiary/aromatic N) is 1. The molecule has 2 heterocycles. The monoisotopic (exact) mass is 330 g/mol. The molecule has 0 aromatic carbocycles. The van der Waals surface area contributed by atoms with Crippen LogP contribution in [0, 0.1) is 4.64 Å². The van der Waals surface area contributed by atoms with E-state index < -0.39 is 0 Å². The lowest BCUT2D eigenvalue weighted by Crippen LogP contribution is -2.22. The summed E-state index contributed by atoms with van der Waals surface area (Å²) in [6, 6.07) is 0. The van der Waals surface area contributed by atoms with Crippen LogP contribution in [0.2, 0.25) is 0 Å². The molecule has 0 amide bonds. The van der Waals surface area contributed by atoms with E-state index >= 15 is 0 Å². The van der Waals surface area contributed by atoms with Crippen molar-refractivity contribution in [2.24, 2.45) is 0 Å². The number of hydrogen-bond acceptors (Lipinski definition) is 3. The quantitative estimate of drug-likeness (QED) is 0.849. The van der Waals surface area contributed by atoms with Crippen LogP contribution in [0.1, 0.15) is 44.1 Å². The van der Waals surface area contributed by atoms with E-state index in [-0.39, 0.29) is 0 Å². The van der Waals surface area contributed by atoms with Crippen molar-refractivity contribution in [1.82, 2.24) is 9.97 Å². The molecule has 100 valence electrons. The van der Waals surface area contributed by atoms with Crippen molar-refractivity contribution >= 4 is 28.1 Å². The maximum absolute atomic E-state index is 5.75. The highest BCUT2D eigenvalue weighted by molar-refractivity contribution is 9.10. The highest BCUT2D eigenvalue weighted by atomic mass is 79.9. The lowest BCUT2D eigenvalue weighted by molar-refractivity contribution is 0.0156. The summed E-state index contributed by atoms with van der Waals surface area (Å²) in [6.45, 7) is 3.04. The predicted molar refractivity (Wildman–Crippen MR) is 78.4 cm³/mol. The molecule has 1 unspecified atom stereocenters. The number of ether oxygens (including phenoxy) is 1. The molecule has 1 fully saturated rings. The van der Waals surface area contributed by atoms with Gasteiger partial charge in [0.05, 0.1) is 10.6 Å². The second kappa shape index (κ2) is 6.78. The van der Waals surface area contributed by atoms with Crippen LogP contribution in [0.4, 0.5) is 0 Å². The molecule has 3 nitrogen and oxygen atoms in total. The summed E-state index contributed by atoms with van der Waals surface area (Å²) < 4.78 is 7.34. The zero-order valence-electron chi connectivity index (χ0n) is 10.7. The fourth-order valence-corrected chi connectivity index (χ4v) is 2.88. The average molecular weight is 331 g/mol. The van der Waals surface area contributed by atoms with Crippen LogP contribution in [-0.2, 0) is 17.6 Å². The highest BCUT2D eigenvalue weighted by Gasteiger charge is 2.16. The Bertz CT molecular complexity index is 455. The van der Waals surface area contributed by atoms with E-state index in [0.717, 1.165) is 48.3 Å². The molecule has 1 aromatic rings. The smallest absolute Gasteiger partial charge is 0.144 e. The van der Waals surface area contributed by atoms with Crippen LogP contribution < -0.4 is 0 Å². The van der Waals surface area contributed by atoms with Crippen molar-refractivity contribution < 1.29 is 4.74 Å². The van der Waals surface area contributed by atoms with Gasteiger partial charge in [0.25, 0.3) is 0 Å². The number of hydrogen-bond donors (Lipinski definition) is 1. The molecular formula is C13H19BrN2OS. The maximum Gasteiger partial charge on any atom is 0.144 e. The number of halogens is 1. The van der Waals surface area contributed by atoms with Gasteiger partial charge in [-0.1, -0.05) is 25.6 Å². The first-order chi connectivity index (χ1) is 8.70. The highest BCUT2D eigenvalue weighted by Crippen LogP contribution is 2.20. The number of aryl methyl sites for hydroxylation is 1. The van der Waals surface area contributed by atoms with Crippen molar-refractivity contribution in [1.29, 1.82) is 0 Å². The topological polar surface area (TPSA) is 37.9 Å².